The molecule has 11 heteroatoms. The van der Waals surface area contributed by atoms with Crippen molar-refractivity contribution in [1.82, 2.24) is 30.0 Å². The third kappa shape index (κ3) is 6.23. The summed E-state index contributed by atoms with van der Waals surface area (Å²) in [5.41, 5.74) is 1.72. The average Bonchev–Trinajstić information content (AvgIpc) is 3.45. The minimum atomic E-state index is -4.44. The molecular weight excluding hydrogens is 497 g/mol. The predicted molar refractivity (Wildman–Crippen MR) is 133 cm³/mol. The van der Waals surface area contributed by atoms with Gasteiger partial charge in [-0.25, -0.2) is 19.6 Å². The molecule has 8 nitrogen and oxygen atoms in total. The number of carbonyl (C=O) groups excluding carboxylic acids is 1. The summed E-state index contributed by atoms with van der Waals surface area (Å²) < 4.78 is 45.3. The minimum Gasteiger partial charge on any atom is -0.439 e. The first kappa shape index (κ1) is 25.1. The fourth-order valence-electron chi connectivity index (χ4n) is 4.12. The van der Waals surface area contributed by atoms with Gasteiger partial charge in [0.05, 0.1) is 11.1 Å². The molecule has 3 aromatic heterocycles. The number of hydrogen-bond donors (Lipinski definition) is 1. The van der Waals surface area contributed by atoms with E-state index in [1.807, 2.05) is 18.2 Å². The Kier molecular flexibility index (Phi) is 7.16. The van der Waals surface area contributed by atoms with E-state index in [4.69, 9.17) is 4.74 Å². The summed E-state index contributed by atoms with van der Waals surface area (Å²) in [4.78, 5) is 24.8. The number of allylic oxidation sites excluding steroid dienone is 1. The standard InChI is InChI=1S/C27H23F3N6O2/c28-27(29,30)21-7-10-24(31-17-21)38-23-4-1-3-19(14-23)13-18-5-8-22(9-6-18)35-25(37)20-15-32-26(33-16-20)36-12-2-11-34-36/h1-4,7,10-17,22H,5-6,8-9H2,(H,35,37). The Labute approximate surface area is 216 Å². The number of ether oxygens (including phenoxy) is 1. The lowest BCUT2D eigenvalue weighted by Gasteiger charge is -2.25. The van der Waals surface area contributed by atoms with E-state index in [9.17, 15) is 18.0 Å². The number of benzene rings is 1. The Balaban J connectivity index is 1.14. The van der Waals surface area contributed by atoms with E-state index in [2.05, 4.69) is 31.4 Å². The van der Waals surface area contributed by atoms with Crippen LogP contribution in [-0.4, -0.2) is 36.7 Å². The van der Waals surface area contributed by atoms with E-state index < -0.39 is 11.7 Å². The Morgan fingerprint density at radius 3 is 2.47 bits per heavy atom. The van der Waals surface area contributed by atoms with Crippen LogP contribution in [0.25, 0.3) is 12.0 Å². The summed E-state index contributed by atoms with van der Waals surface area (Å²) in [7, 11) is 0. The third-order valence-corrected chi connectivity index (χ3v) is 6.09. The highest BCUT2D eigenvalue weighted by Crippen LogP contribution is 2.31. The van der Waals surface area contributed by atoms with Gasteiger partial charge < -0.3 is 10.1 Å². The van der Waals surface area contributed by atoms with Crippen molar-refractivity contribution in [2.24, 2.45) is 0 Å². The molecule has 0 radical (unpaired) electrons. The summed E-state index contributed by atoms with van der Waals surface area (Å²) in [6, 6.07) is 11.2. The zero-order valence-electron chi connectivity index (χ0n) is 20.1. The van der Waals surface area contributed by atoms with Crippen LogP contribution in [0.15, 0.2) is 79.0 Å². The number of hydrogen-bond acceptors (Lipinski definition) is 6. The van der Waals surface area contributed by atoms with Crippen molar-refractivity contribution in [2.45, 2.75) is 37.9 Å². The number of alkyl halides is 3. The topological polar surface area (TPSA) is 94.8 Å². The van der Waals surface area contributed by atoms with Gasteiger partial charge in [0, 0.05) is 43.1 Å². The first-order chi connectivity index (χ1) is 18.3. The Morgan fingerprint density at radius 1 is 1.03 bits per heavy atom. The maximum absolute atomic E-state index is 12.7. The molecule has 0 aliphatic heterocycles. The van der Waals surface area contributed by atoms with Crippen LogP contribution in [-0.2, 0) is 6.18 Å². The number of aromatic nitrogens is 5. The summed E-state index contributed by atoms with van der Waals surface area (Å²) in [5, 5.41) is 7.12. The van der Waals surface area contributed by atoms with Gasteiger partial charge in [-0.3, -0.25) is 4.79 Å². The van der Waals surface area contributed by atoms with Crippen LogP contribution < -0.4 is 10.1 Å². The Morgan fingerprint density at radius 2 is 1.82 bits per heavy atom. The van der Waals surface area contributed by atoms with Gasteiger partial charge in [0.25, 0.3) is 5.91 Å². The molecule has 1 aromatic carbocycles. The molecule has 4 aromatic rings. The number of amides is 1. The van der Waals surface area contributed by atoms with Crippen molar-refractivity contribution in [3.8, 4) is 17.6 Å². The van der Waals surface area contributed by atoms with Crippen LogP contribution in [0, 0.1) is 0 Å². The molecule has 1 aliphatic rings. The highest BCUT2D eigenvalue weighted by atomic mass is 19.4. The van der Waals surface area contributed by atoms with Crippen LogP contribution >= 0.6 is 0 Å². The van der Waals surface area contributed by atoms with Crippen molar-refractivity contribution in [3.63, 3.8) is 0 Å². The molecule has 194 valence electrons. The first-order valence-corrected chi connectivity index (χ1v) is 12.0. The van der Waals surface area contributed by atoms with Crippen LogP contribution in [0.1, 0.15) is 47.2 Å². The van der Waals surface area contributed by atoms with E-state index in [-0.39, 0.29) is 17.8 Å². The van der Waals surface area contributed by atoms with Crippen molar-refractivity contribution in [1.29, 1.82) is 0 Å². The SMILES string of the molecule is O=C(NC1CCC(=Cc2cccc(Oc3ccc(C(F)(F)F)cn3)c2)CC1)c1cnc(-n2cccn2)nc1. The molecule has 38 heavy (non-hydrogen) atoms. The van der Waals surface area contributed by atoms with Gasteiger partial charge in [0.1, 0.15) is 5.75 Å². The molecule has 1 aliphatic carbocycles. The van der Waals surface area contributed by atoms with E-state index >= 15 is 0 Å². The number of halogens is 3. The first-order valence-electron chi connectivity index (χ1n) is 12.0. The average molecular weight is 521 g/mol. The van der Waals surface area contributed by atoms with Gasteiger partial charge in [-0.2, -0.15) is 18.3 Å². The van der Waals surface area contributed by atoms with Crippen LogP contribution in [0.2, 0.25) is 0 Å². The van der Waals surface area contributed by atoms with Gasteiger partial charge in [-0.05, 0) is 55.5 Å². The lowest BCUT2D eigenvalue weighted by atomic mass is 9.89. The molecule has 1 amide bonds. The molecule has 0 unspecified atom stereocenters. The summed E-state index contributed by atoms with van der Waals surface area (Å²) >= 11 is 0. The minimum absolute atomic E-state index is 0.0471. The van der Waals surface area contributed by atoms with Gasteiger partial charge in [-0.15, -0.1) is 0 Å². The van der Waals surface area contributed by atoms with E-state index in [1.54, 1.807) is 24.5 Å². The molecule has 1 saturated carbocycles. The molecule has 1 fully saturated rings. The second kappa shape index (κ2) is 10.8. The summed E-state index contributed by atoms with van der Waals surface area (Å²) in [5.74, 6) is 0.745. The van der Waals surface area contributed by atoms with Gasteiger partial charge in [0.15, 0.2) is 0 Å². The maximum atomic E-state index is 12.7. The fourth-order valence-corrected chi connectivity index (χ4v) is 4.12. The smallest absolute Gasteiger partial charge is 0.417 e. The van der Waals surface area contributed by atoms with E-state index in [1.165, 1.54) is 28.7 Å². The lowest BCUT2D eigenvalue weighted by molar-refractivity contribution is -0.137. The molecule has 0 spiro atoms. The van der Waals surface area contributed by atoms with Gasteiger partial charge >= 0.3 is 6.18 Å². The monoisotopic (exact) mass is 520 g/mol. The Hall–Kier alpha value is -4.54. The van der Waals surface area contributed by atoms with E-state index in [0.29, 0.717) is 17.3 Å². The molecular formula is C27H23F3N6O2. The maximum Gasteiger partial charge on any atom is 0.417 e. The second-order valence-electron chi connectivity index (χ2n) is 8.83. The summed E-state index contributed by atoms with van der Waals surface area (Å²) in [6.07, 6.45) is 7.96. The number of carbonyl (C=O) groups is 1. The van der Waals surface area contributed by atoms with Crippen LogP contribution in [0.4, 0.5) is 13.2 Å². The van der Waals surface area contributed by atoms with Gasteiger partial charge in [-0.1, -0.05) is 23.8 Å². The fraction of sp³-hybridized carbons (Fsp3) is 0.222. The largest absolute Gasteiger partial charge is 0.439 e. The number of rotatable bonds is 6. The molecule has 5 rings (SSSR count). The lowest BCUT2D eigenvalue weighted by Crippen LogP contribution is -2.36. The van der Waals surface area contributed by atoms with Crippen LogP contribution in [0.5, 0.6) is 11.6 Å². The predicted octanol–water partition coefficient (Wildman–Crippen LogP) is 5.62. The quantitative estimate of drug-likeness (QED) is 0.354. The summed E-state index contributed by atoms with van der Waals surface area (Å²) in [6.45, 7) is 0. The van der Waals surface area contributed by atoms with E-state index in [0.717, 1.165) is 43.5 Å². The molecule has 3 heterocycles. The second-order valence-corrected chi connectivity index (χ2v) is 8.83. The highest BCUT2D eigenvalue weighted by molar-refractivity contribution is 5.93. The van der Waals surface area contributed by atoms with Crippen LogP contribution in [0.3, 0.4) is 0 Å². The molecule has 0 atom stereocenters. The molecule has 0 saturated heterocycles. The number of nitrogens with one attached hydrogen (secondary N) is 1. The van der Waals surface area contributed by atoms with Crippen molar-refractivity contribution < 1.29 is 22.7 Å². The van der Waals surface area contributed by atoms with Crippen molar-refractivity contribution >= 4 is 12.0 Å². The zero-order valence-corrected chi connectivity index (χ0v) is 20.1. The number of nitrogens with zero attached hydrogens (tertiary/aromatic N) is 5. The normalized spacial score (nSPS) is 15.7. The van der Waals surface area contributed by atoms with Crippen molar-refractivity contribution in [3.05, 3.63) is 95.7 Å². The molecule has 0 bridgehead atoms. The van der Waals surface area contributed by atoms with Gasteiger partial charge in [0.2, 0.25) is 11.8 Å². The van der Waals surface area contributed by atoms with Crippen molar-refractivity contribution in [2.75, 3.05) is 0 Å². The number of pyridine rings is 1. The Bertz CT molecular complexity index is 1410. The highest BCUT2D eigenvalue weighted by Gasteiger charge is 2.30. The third-order valence-electron chi connectivity index (χ3n) is 6.09. The zero-order chi connectivity index (χ0) is 26.5. The molecule has 1 N–H and O–H groups in total.